The number of rotatable bonds is 10. The molecule has 3 heteroatoms. The maximum Gasteiger partial charge on any atom is 0.124 e. The number of hydrogen-bond acceptors (Lipinski definition) is 3. The minimum atomic E-state index is 0.248. The van der Waals surface area contributed by atoms with Gasteiger partial charge in [0.2, 0.25) is 0 Å². The van der Waals surface area contributed by atoms with Crippen LogP contribution in [0.3, 0.4) is 0 Å². The van der Waals surface area contributed by atoms with Gasteiger partial charge in [-0.2, -0.15) is 0 Å². The second-order valence-corrected chi connectivity index (χ2v) is 5.94. The molecule has 0 spiro atoms. The normalized spacial score (nSPS) is 12.1. The molecule has 0 amide bonds. The zero-order valence-corrected chi connectivity index (χ0v) is 15.0. The van der Waals surface area contributed by atoms with Crippen molar-refractivity contribution in [3.05, 3.63) is 65.2 Å². The highest BCUT2D eigenvalue weighted by atomic mass is 16.5. The molecule has 0 aliphatic carbocycles. The van der Waals surface area contributed by atoms with Gasteiger partial charge in [-0.05, 0) is 50.9 Å². The van der Waals surface area contributed by atoms with Gasteiger partial charge in [0, 0.05) is 18.2 Å². The Morgan fingerprint density at radius 2 is 1.75 bits per heavy atom. The molecule has 3 nitrogen and oxygen atoms in total. The number of nitrogens with one attached hydrogen (secondary N) is 1. The van der Waals surface area contributed by atoms with Gasteiger partial charge in [0.1, 0.15) is 12.4 Å². The van der Waals surface area contributed by atoms with E-state index in [1.165, 1.54) is 16.7 Å². The second-order valence-electron chi connectivity index (χ2n) is 5.94. The quantitative estimate of drug-likeness (QED) is 0.660. The van der Waals surface area contributed by atoms with Crippen LogP contribution in [0.15, 0.2) is 48.5 Å². The predicted molar refractivity (Wildman–Crippen MR) is 99.7 cm³/mol. The third-order valence-electron chi connectivity index (χ3n) is 4.18. The highest BCUT2D eigenvalue weighted by molar-refractivity contribution is 5.35. The van der Waals surface area contributed by atoms with Crippen LogP contribution in [0.4, 0.5) is 0 Å². The first kappa shape index (κ1) is 18.5. The van der Waals surface area contributed by atoms with Crippen molar-refractivity contribution in [2.75, 3.05) is 26.4 Å². The van der Waals surface area contributed by atoms with E-state index in [4.69, 9.17) is 9.47 Å². The zero-order valence-electron chi connectivity index (χ0n) is 15.0. The Hall–Kier alpha value is -1.84. The zero-order chi connectivity index (χ0) is 17.2. The molecule has 0 saturated heterocycles. The third-order valence-corrected chi connectivity index (χ3v) is 4.18. The van der Waals surface area contributed by atoms with E-state index in [0.717, 1.165) is 25.3 Å². The summed E-state index contributed by atoms with van der Waals surface area (Å²) in [5.41, 5.74) is 3.95. The van der Waals surface area contributed by atoms with Crippen molar-refractivity contribution >= 4 is 0 Å². The number of hydrogen-bond donors (Lipinski definition) is 1. The topological polar surface area (TPSA) is 30.5 Å². The Labute approximate surface area is 146 Å². The van der Waals surface area contributed by atoms with Crippen LogP contribution in [0.5, 0.6) is 5.75 Å². The van der Waals surface area contributed by atoms with E-state index >= 15 is 0 Å². The minimum absolute atomic E-state index is 0.248. The SMILES string of the molecule is CCOCCOc1ccccc1C(C)NCCc1ccccc1C. The highest BCUT2D eigenvalue weighted by Gasteiger charge is 2.11. The first-order valence-electron chi connectivity index (χ1n) is 8.79. The van der Waals surface area contributed by atoms with Crippen LogP contribution in [-0.4, -0.2) is 26.4 Å². The molecule has 0 aliphatic rings. The Bertz CT molecular complexity index is 612. The summed E-state index contributed by atoms with van der Waals surface area (Å²) in [7, 11) is 0. The smallest absolute Gasteiger partial charge is 0.124 e. The molecular formula is C21H29NO2. The molecule has 130 valence electrons. The molecule has 1 N–H and O–H groups in total. The van der Waals surface area contributed by atoms with Crippen molar-refractivity contribution in [1.82, 2.24) is 5.32 Å². The van der Waals surface area contributed by atoms with Gasteiger partial charge in [0.15, 0.2) is 0 Å². The number of aryl methyl sites for hydroxylation is 1. The van der Waals surface area contributed by atoms with E-state index in [2.05, 4.69) is 55.6 Å². The fourth-order valence-electron chi connectivity index (χ4n) is 2.75. The summed E-state index contributed by atoms with van der Waals surface area (Å²) in [5.74, 6) is 0.938. The van der Waals surface area contributed by atoms with Crippen molar-refractivity contribution in [3.63, 3.8) is 0 Å². The summed E-state index contributed by atoms with van der Waals surface area (Å²) in [5, 5.41) is 3.61. The number of para-hydroxylation sites is 1. The molecule has 0 bridgehead atoms. The average molecular weight is 327 g/mol. The lowest BCUT2D eigenvalue weighted by molar-refractivity contribution is 0.109. The van der Waals surface area contributed by atoms with Crippen molar-refractivity contribution < 1.29 is 9.47 Å². The van der Waals surface area contributed by atoms with Crippen LogP contribution in [0.25, 0.3) is 0 Å². The van der Waals surface area contributed by atoms with Crippen molar-refractivity contribution in [2.24, 2.45) is 0 Å². The largest absolute Gasteiger partial charge is 0.491 e. The summed E-state index contributed by atoms with van der Waals surface area (Å²) < 4.78 is 11.2. The molecule has 1 atom stereocenters. The Kier molecular flexibility index (Phi) is 7.80. The first-order valence-corrected chi connectivity index (χ1v) is 8.79. The van der Waals surface area contributed by atoms with E-state index in [-0.39, 0.29) is 6.04 Å². The monoisotopic (exact) mass is 327 g/mol. The van der Waals surface area contributed by atoms with Crippen LogP contribution in [-0.2, 0) is 11.2 Å². The molecule has 0 heterocycles. The van der Waals surface area contributed by atoms with Gasteiger partial charge in [-0.1, -0.05) is 42.5 Å². The summed E-state index contributed by atoms with van der Waals surface area (Å²) >= 11 is 0. The maximum absolute atomic E-state index is 5.88. The predicted octanol–water partition coefficient (Wildman–Crippen LogP) is 4.30. The third kappa shape index (κ3) is 5.66. The number of ether oxygens (including phenoxy) is 2. The van der Waals surface area contributed by atoms with E-state index < -0.39 is 0 Å². The average Bonchev–Trinajstić information content (AvgIpc) is 2.60. The van der Waals surface area contributed by atoms with Gasteiger partial charge >= 0.3 is 0 Å². The fourth-order valence-corrected chi connectivity index (χ4v) is 2.75. The van der Waals surface area contributed by atoms with Crippen LogP contribution in [0, 0.1) is 6.92 Å². The molecule has 0 aromatic heterocycles. The molecule has 2 aromatic rings. The van der Waals surface area contributed by atoms with Crippen LogP contribution in [0.1, 0.15) is 36.6 Å². The van der Waals surface area contributed by atoms with Gasteiger partial charge in [0.25, 0.3) is 0 Å². The standard InChI is InChI=1S/C21H29NO2/c1-4-23-15-16-24-21-12-8-7-11-20(21)18(3)22-14-13-19-10-6-5-9-17(19)2/h5-12,18,22H,4,13-16H2,1-3H3. The lowest BCUT2D eigenvalue weighted by Gasteiger charge is -2.18. The number of benzene rings is 2. The molecule has 0 fully saturated rings. The Balaban J connectivity index is 1.87. The Morgan fingerprint density at radius 1 is 1.00 bits per heavy atom. The first-order chi connectivity index (χ1) is 11.7. The highest BCUT2D eigenvalue weighted by Crippen LogP contribution is 2.24. The van der Waals surface area contributed by atoms with Gasteiger partial charge in [-0.3, -0.25) is 0 Å². The summed E-state index contributed by atoms with van der Waals surface area (Å²) in [6, 6.07) is 17.0. The molecule has 2 rings (SSSR count). The lowest BCUT2D eigenvalue weighted by atomic mass is 10.0. The van der Waals surface area contributed by atoms with E-state index in [9.17, 15) is 0 Å². The van der Waals surface area contributed by atoms with Crippen molar-refractivity contribution in [3.8, 4) is 5.75 Å². The molecule has 0 saturated carbocycles. The maximum atomic E-state index is 5.88. The lowest BCUT2D eigenvalue weighted by Crippen LogP contribution is -2.22. The van der Waals surface area contributed by atoms with E-state index in [1.54, 1.807) is 0 Å². The van der Waals surface area contributed by atoms with Crippen molar-refractivity contribution in [2.45, 2.75) is 33.2 Å². The van der Waals surface area contributed by atoms with E-state index in [0.29, 0.717) is 13.2 Å². The fraction of sp³-hybridized carbons (Fsp3) is 0.429. The van der Waals surface area contributed by atoms with Crippen LogP contribution < -0.4 is 10.1 Å². The molecule has 0 radical (unpaired) electrons. The van der Waals surface area contributed by atoms with Crippen molar-refractivity contribution in [1.29, 1.82) is 0 Å². The van der Waals surface area contributed by atoms with Crippen LogP contribution in [0.2, 0.25) is 0 Å². The molecule has 24 heavy (non-hydrogen) atoms. The van der Waals surface area contributed by atoms with E-state index in [1.807, 2.05) is 19.1 Å². The van der Waals surface area contributed by atoms with Gasteiger partial charge in [0.05, 0.1) is 6.61 Å². The van der Waals surface area contributed by atoms with Crippen LogP contribution >= 0.6 is 0 Å². The Morgan fingerprint density at radius 3 is 2.54 bits per heavy atom. The summed E-state index contributed by atoms with van der Waals surface area (Å²) in [6.07, 6.45) is 1.03. The second kappa shape index (κ2) is 10.1. The van der Waals surface area contributed by atoms with Gasteiger partial charge < -0.3 is 14.8 Å². The molecular weight excluding hydrogens is 298 g/mol. The summed E-state index contributed by atoms with van der Waals surface area (Å²) in [6.45, 7) is 9.22. The molecule has 1 unspecified atom stereocenters. The molecule has 0 aliphatic heterocycles. The summed E-state index contributed by atoms with van der Waals surface area (Å²) in [4.78, 5) is 0. The minimum Gasteiger partial charge on any atom is -0.491 e. The van der Waals surface area contributed by atoms with Gasteiger partial charge in [-0.15, -0.1) is 0 Å². The van der Waals surface area contributed by atoms with Gasteiger partial charge in [-0.25, -0.2) is 0 Å². The molecule has 2 aromatic carbocycles.